The van der Waals surface area contributed by atoms with Gasteiger partial charge in [0.25, 0.3) is 6.43 Å². The normalized spacial score (nSPS) is 17.0. The highest BCUT2D eigenvalue weighted by Gasteiger charge is 2.27. The van der Waals surface area contributed by atoms with Gasteiger partial charge in [-0.2, -0.15) is 10.2 Å². The fourth-order valence-corrected chi connectivity index (χ4v) is 3.25. The van der Waals surface area contributed by atoms with Crippen LogP contribution in [-0.4, -0.2) is 56.8 Å². The van der Waals surface area contributed by atoms with Crippen LogP contribution in [0.3, 0.4) is 0 Å². The number of fused-ring (bicyclic) bond motifs is 1. The molecule has 0 radical (unpaired) electrons. The Morgan fingerprint density at radius 2 is 2.12 bits per heavy atom. The van der Waals surface area contributed by atoms with Crippen LogP contribution in [0.5, 0.6) is 0 Å². The number of piperidine rings is 1. The molecule has 1 aliphatic heterocycles. The number of rotatable bonds is 5. The topological polar surface area (TPSA) is 78.8 Å². The zero-order valence-corrected chi connectivity index (χ0v) is 13.9. The minimum Gasteiger partial charge on any atom is -0.310 e. The summed E-state index contributed by atoms with van der Waals surface area (Å²) in [6, 6.07) is 0. The number of H-pyrrole nitrogens is 1. The lowest BCUT2D eigenvalue weighted by atomic mass is 9.96. The van der Waals surface area contributed by atoms with E-state index in [0.717, 1.165) is 17.5 Å². The number of aromatic nitrogens is 4. The first-order valence-electron chi connectivity index (χ1n) is 8.20. The first-order valence-corrected chi connectivity index (χ1v) is 8.20. The molecule has 2 aromatic rings. The first-order chi connectivity index (χ1) is 11.5. The maximum atomic E-state index is 12.5. The molecule has 1 saturated heterocycles. The van der Waals surface area contributed by atoms with Gasteiger partial charge in [0.1, 0.15) is 5.82 Å². The number of halogens is 2. The van der Waals surface area contributed by atoms with Crippen LogP contribution < -0.4 is 5.32 Å². The number of nitrogens with zero attached hydrogens (tertiary/aromatic N) is 4. The summed E-state index contributed by atoms with van der Waals surface area (Å²) in [4.78, 5) is 14.2. The Bertz CT molecular complexity index is 717. The van der Waals surface area contributed by atoms with Gasteiger partial charge in [-0.05, 0) is 32.4 Å². The molecule has 0 aliphatic carbocycles. The summed E-state index contributed by atoms with van der Waals surface area (Å²) in [5.74, 6) is 0.303. The summed E-state index contributed by atoms with van der Waals surface area (Å²) in [5, 5.41) is 15.2. The molecule has 0 aromatic carbocycles. The number of hydrogen-bond donors (Lipinski definition) is 2. The van der Waals surface area contributed by atoms with Gasteiger partial charge in [-0.1, -0.05) is 6.92 Å². The van der Waals surface area contributed by atoms with Crippen LogP contribution in [-0.2, 0) is 18.3 Å². The number of amides is 1. The highest BCUT2D eigenvalue weighted by molar-refractivity contribution is 6.00. The molecule has 0 saturated carbocycles. The summed E-state index contributed by atoms with van der Waals surface area (Å²) in [7, 11) is 1.81. The average molecular weight is 340 g/mol. The lowest BCUT2D eigenvalue weighted by Crippen LogP contribution is -2.40. The molecule has 3 rings (SSSR count). The molecule has 2 aromatic heterocycles. The Morgan fingerprint density at radius 3 is 2.75 bits per heavy atom. The average Bonchev–Trinajstić information content (AvgIpc) is 3.09. The number of carbonyl (C=O) groups excluding carboxylic acids is 1. The quantitative estimate of drug-likeness (QED) is 0.869. The second-order valence-electron chi connectivity index (χ2n) is 6.18. The van der Waals surface area contributed by atoms with Gasteiger partial charge in [-0.3, -0.25) is 14.8 Å². The van der Waals surface area contributed by atoms with Crippen LogP contribution in [0.2, 0.25) is 0 Å². The van der Waals surface area contributed by atoms with E-state index < -0.39 is 6.43 Å². The van der Waals surface area contributed by atoms with Crippen LogP contribution in [0.25, 0.3) is 11.0 Å². The number of carbonyl (C=O) groups is 1. The summed E-state index contributed by atoms with van der Waals surface area (Å²) in [5.41, 5.74) is 1.58. The highest BCUT2D eigenvalue weighted by atomic mass is 19.3. The molecule has 2 N–H and O–H groups in total. The van der Waals surface area contributed by atoms with Crippen molar-refractivity contribution in [3.63, 3.8) is 0 Å². The molecule has 1 fully saturated rings. The molecule has 24 heavy (non-hydrogen) atoms. The van der Waals surface area contributed by atoms with E-state index in [4.69, 9.17) is 0 Å². The molecule has 1 amide bonds. The predicted molar refractivity (Wildman–Crippen MR) is 86.0 cm³/mol. The van der Waals surface area contributed by atoms with Gasteiger partial charge in [0.2, 0.25) is 5.91 Å². The second-order valence-corrected chi connectivity index (χ2v) is 6.18. The van der Waals surface area contributed by atoms with Gasteiger partial charge in [0.05, 0.1) is 17.6 Å². The van der Waals surface area contributed by atoms with Crippen LogP contribution >= 0.6 is 0 Å². The number of aromatic amines is 1. The fraction of sp³-hybridized carbons (Fsp3) is 0.667. The summed E-state index contributed by atoms with van der Waals surface area (Å²) in [6.45, 7) is 2.83. The summed E-state index contributed by atoms with van der Waals surface area (Å²) in [6.07, 6.45) is -0.412. The number of alkyl halides is 2. The molecule has 132 valence electrons. The Hall–Kier alpha value is -2.03. The van der Waals surface area contributed by atoms with Crippen molar-refractivity contribution in [2.75, 3.05) is 25.0 Å². The van der Waals surface area contributed by atoms with Gasteiger partial charge in [0, 0.05) is 13.0 Å². The SMILES string of the molecule is CCc1nn(C)c2n[nH]c(NC(=O)C3CCN(CC(F)F)CC3)c12. The van der Waals surface area contributed by atoms with Crippen molar-refractivity contribution in [1.82, 2.24) is 24.9 Å². The lowest BCUT2D eigenvalue weighted by molar-refractivity contribution is -0.121. The van der Waals surface area contributed by atoms with E-state index in [1.807, 2.05) is 14.0 Å². The van der Waals surface area contributed by atoms with Crippen molar-refractivity contribution in [2.24, 2.45) is 13.0 Å². The van der Waals surface area contributed by atoms with E-state index in [1.54, 1.807) is 9.58 Å². The molecule has 0 unspecified atom stereocenters. The van der Waals surface area contributed by atoms with Crippen molar-refractivity contribution in [3.8, 4) is 0 Å². The zero-order valence-electron chi connectivity index (χ0n) is 13.9. The summed E-state index contributed by atoms with van der Waals surface area (Å²) < 4.78 is 26.5. The monoisotopic (exact) mass is 340 g/mol. The fourth-order valence-electron chi connectivity index (χ4n) is 3.25. The Balaban J connectivity index is 1.66. The third-order valence-corrected chi connectivity index (χ3v) is 4.55. The largest absolute Gasteiger partial charge is 0.310 e. The standard InChI is InChI=1S/C15H22F2N6O/c1-3-10-12-13(19-20-14(12)22(2)21-10)18-15(24)9-4-6-23(7-5-9)8-11(16)17/h9,11H,3-8H2,1-2H3,(H2,18,19,20,24). The van der Waals surface area contributed by atoms with Gasteiger partial charge in [-0.25, -0.2) is 13.5 Å². The molecule has 0 spiro atoms. The molecular weight excluding hydrogens is 318 g/mol. The summed E-state index contributed by atoms with van der Waals surface area (Å²) >= 11 is 0. The molecule has 9 heteroatoms. The lowest BCUT2D eigenvalue weighted by Gasteiger charge is -2.30. The van der Waals surface area contributed by atoms with Crippen molar-refractivity contribution < 1.29 is 13.6 Å². The molecule has 7 nitrogen and oxygen atoms in total. The van der Waals surface area contributed by atoms with Crippen molar-refractivity contribution in [2.45, 2.75) is 32.6 Å². The van der Waals surface area contributed by atoms with Crippen LogP contribution in [0.15, 0.2) is 0 Å². The highest BCUT2D eigenvalue weighted by Crippen LogP contribution is 2.26. The third kappa shape index (κ3) is 3.26. The Kier molecular flexibility index (Phi) is 4.79. The predicted octanol–water partition coefficient (Wildman–Crippen LogP) is 1.77. The maximum absolute atomic E-state index is 12.5. The Morgan fingerprint density at radius 1 is 1.42 bits per heavy atom. The van der Waals surface area contributed by atoms with Crippen molar-refractivity contribution >= 4 is 22.8 Å². The van der Waals surface area contributed by atoms with Crippen LogP contribution in [0.1, 0.15) is 25.5 Å². The second kappa shape index (κ2) is 6.84. The minimum absolute atomic E-state index is 0.0943. The molecule has 0 atom stereocenters. The number of nitrogens with one attached hydrogen (secondary N) is 2. The molecule has 3 heterocycles. The maximum Gasteiger partial charge on any atom is 0.251 e. The van der Waals surface area contributed by atoms with Gasteiger partial charge >= 0.3 is 0 Å². The smallest absolute Gasteiger partial charge is 0.251 e. The number of anilines is 1. The van der Waals surface area contributed by atoms with Gasteiger partial charge in [0.15, 0.2) is 5.65 Å². The third-order valence-electron chi connectivity index (χ3n) is 4.55. The van der Waals surface area contributed by atoms with Gasteiger partial charge < -0.3 is 5.32 Å². The minimum atomic E-state index is -2.33. The zero-order chi connectivity index (χ0) is 17.3. The van der Waals surface area contributed by atoms with E-state index in [0.29, 0.717) is 37.4 Å². The number of aryl methyl sites for hydroxylation is 2. The van der Waals surface area contributed by atoms with Crippen molar-refractivity contribution in [3.05, 3.63) is 5.69 Å². The van der Waals surface area contributed by atoms with E-state index in [2.05, 4.69) is 20.6 Å². The molecule has 0 bridgehead atoms. The number of hydrogen-bond acceptors (Lipinski definition) is 4. The first kappa shape index (κ1) is 16.8. The molecular formula is C15H22F2N6O. The van der Waals surface area contributed by atoms with E-state index >= 15 is 0 Å². The Labute approximate surface area is 138 Å². The van der Waals surface area contributed by atoms with Crippen molar-refractivity contribution in [1.29, 1.82) is 0 Å². The molecule has 1 aliphatic rings. The van der Waals surface area contributed by atoms with E-state index in [1.165, 1.54) is 0 Å². The van der Waals surface area contributed by atoms with E-state index in [9.17, 15) is 13.6 Å². The van der Waals surface area contributed by atoms with E-state index in [-0.39, 0.29) is 18.4 Å². The van der Waals surface area contributed by atoms with Gasteiger partial charge in [-0.15, -0.1) is 0 Å². The van der Waals surface area contributed by atoms with Crippen LogP contribution in [0.4, 0.5) is 14.6 Å². The van der Waals surface area contributed by atoms with Crippen LogP contribution in [0, 0.1) is 5.92 Å². The number of likely N-dealkylation sites (tertiary alicyclic amines) is 1.